The second kappa shape index (κ2) is 3.73. The second-order valence-electron chi connectivity index (χ2n) is 5.30. The van der Waals surface area contributed by atoms with Crippen LogP contribution in [0.3, 0.4) is 0 Å². The maximum absolute atomic E-state index is 3.66. The van der Waals surface area contributed by atoms with Crippen LogP contribution in [0.4, 0.5) is 0 Å². The molecule has 0 radical (unpaired) electrons. The molecule has 0 unspecified atom stereocenters. The molecule has 0 heterocycles. The second-order valence-corrected chi connectivity index (χ2v) is 7.28. The van der Waals surface area contributed by atoms with Gasteiger partial charge in [-0.1, -0.05) is 59.6 Å². The van der Waals surface area contributed by atoms with Gasteiger partial charge in [0.05, 0.1) is 0 Å². The van der Waals surface area contributed by atoms with Crippen molar-refractivity contribution in [1.29, 1.82) is 0 Å². The summed E-state index contributed by atoms with van der Waals surface area (Å²) in [5.41, 5.74) is 2.71. The molecule has 0 aliphatic heterocycles. The summed E-state index contributed by atoms with van der Waals surface area (Å²) in [6.45, 7) is 8.81. The standard InChI is InChI=1S/C12H18BBr/c1-11(2,13)9-5-7-10(8-6-9)12(3,4)14/h5-8H,13H2,1-4H3. The van der Waals surface area contributed by atoms with Crippen molar-refractivity contribution in [2.24, 2.45) is 0 Å². The third-order valence-electron chi connectivity index (χ3n) is 2.44. The van der Waals surface area contributed by atoms with Crippen LogP contribution < -0.4 is 0 Å². The van der Waals surface area contributed by atoms with Crippen molar-refractivity contribution in [3.8, 4) is 0 Å². The summed E-state index contributed by atoms with van der Waals surface area (Å²) in [5.74, 6) is 0. The Labute approximate surface area is 96.6 Å². The lowest BCUT2D eigenvalue weighted by Gasteiger charge is -2.22. The molecule has 76 valence electrons. The normalized spacial score (nSPS) is 12.9. The maximum atomic E-state index is 3.66. The first-order chi connectivity index (χ1) is 6.21. The van der Waals surface area contributed by atoms with Gasteiger partial charge in [0.15, 0.2) is 0 Å². The van der Waals surface area contributed by atoms with Gasteiger partial charge in [0.2, 0.25) is 0 Å². The highest BCUT2D eigenvalue weighted by molar-refractivity contribution is 9.09. The molecule has 0 aliphatic rings. The fraction of sp³-hybridized carbons (Fsp3) is 0.500. The molecule has 0 atom stereocenters. The zero-order chi connectivity index (χ0) is 11.0. The smallest absolute Gasteiger partial charge is 0.0807 e. The SMILES string of the molecule is BC(C)(C)c1ccc(C(C)(C)Br)cc1. The molecule has 0 bridgehead atoms. The van der Waals surface area contributed by atoms with Gasteiger partial charge < -0.3 is 0 Å². The minimum Gasteiger partial charge on any atom is -0.0807 e. The summed E-state index contributed by atoms with van der Waals surface area (Å²) in [6.07, 6.45) is 0. The van der Waals surface area contributed by atoms with Crippen molar-refractivity contribution in [2.45, 2.75) is 37.3 Å². The zero-order valence-electron chi connectivity index (χ0n) is 9.69. The quantitative estimate of drug-likeness (QED) is 0.560. The lowest BCUT2D eigenvalue weighted by Crippen LogP contribution is -2.17. The van der Waals surface area contributed by atoms with E-state index in [2.05, 4.69) is 75.7 Å². The van der Waals surface area contributed by atoms with Crippen LogP contribution in [0.5, 0.6) is 0 Å². The molecule has 0 aliphatic carbocycles. The highest BCUT2D eigenvalue weighted by atomic mass is 79.9. The molecule has 1 aromatic carbocycles. The summed E-state index contributed by atoms with van der Waals surface area (Å²) in [4.78, 5) is 0. The molecule has 0 spiro atoms. The Morgan fingerprint density at radius 3 is 1.57 bits per heavy atom. The van der Waals surface area contributed by atoms with Crippen LogP contribution >= 0.6 is 15.9 Å². The number of hydrogen-bond donors (Lipinski definition) is 0. The van der Waals surface area contributed by atoms with Crippen molar-refractivity contribution in [3.05, 3.63) is 35.4 Å². The van der Waals surface area contributed by atoms with Crippen LogP contribution in [-0.4, -0.2) is 7.85 Å². The highest BCUT2D eigenvalue weighted by Crippen LogP contribution is 2.31. The van der Waals surface area contributed by atoms with E-state index in [1.54, 1.807) is 0 Å². The minimum absolute atomic E-state index is 0.0728. The van der Waals surface area contributed by atoms with E-state index in [0.717, 1.165) is 0 Å². The minimum atomic E-state index is 0.0728. The average Bonchev–Trinajstić information content (AvgIpc) is 2.01. The molecule has 0 N–H and O–H groups in total. The Morgan fingerprint density at radius 1 is 0.929 bits per heavy atom. The number of hydrogen-bond acceptors (Lipinski definition) is 0. The summed E-state index contributed by atoms with van der Waals surface area (Å²) in [6, 6.07) is 8.85. The molecule has 1 aromatic rings. The van der Waals surface area contributed by atoms with Gasteiger partial charge in [-0.2, -0.15) is 0 Å². The number of alkyl halides is 1. The van der Waals surface area contributed by atoms with Crippen molar-refractivity contribution < 1.29 is 0 Å². The molecule has 0 saturated carbocycles. The molecular formula is C12H18BBr. The van der Waals surface area contributed by atoms with E-state index >= 15 is 0 Å². The van der Waals surface area contributed by atoms with E-state index in [-0.39, 0.29) is 9.64 Å². The molecule has 0 fully saturated rings. The van der Waals surface area contributed by atoms with Crippen molar-refractivity contribution >= 4 is 23.8 Å². The highest BCUT2D eigenvalue weighted by Gasteiger charge is 2.18. The van der Waals surface area contributed by atoms with Gasteiger partial charge in [-0.3, -0.25) is 0 Å². The van der Waals surface area contributed by atoms with Crippen molar-refractivity contribution in [1.82, 2.24) is 0 Å². The lowest BCUT2D eigenvalue weighted by molar-refractivity contribution is 0.756. The van der Waals surface area contributed by atoms with E-state index in [1.807, 2.05) is 0 Å². The van der Waals surface area contributed by atoms with E-state index in [9.17, 15) is 0 Å². The molecule has 1 rings (SSSR count). The first-order valence-corrected chi connectivity index (χ1v) is 5.80. The van der Waals surface area contributed by atoms with E-state index in [4.69, 9.17) is 0 Å². The largest absolute Gasteiger partial charge is 0.114 e. The van der Waals surface area contributed by atoms with E-state index in [1.165, 1.54) is 11.1 Å². The molecule has 0 aromatic heterocycles. The van der Waals surface area contributed by atoms with Gasteiger partial charge >= 0.3 is 0 Å². The Kier molecular flexibility index (Phi) is 3.15. The average molecular weight is 253 g/mol. The van der Waals surface area contributed by atoms with E-state index < -0.39 is 0 Å². The molecule has 0 amide bonds. The summed E-state index contributed by atoms with van der Waals surface area (Å²) in [7, 11) is 2.24. The molecule has 0 nitrogen and oxygen atoms in total. The molecule has 14 heavy (non-hydrogen) atoms. The van der Waals surface area contributed by atoms with Crippen molar-refractivity contribution in [2.75, 3.05) is 0 Å². The van der Waals surface area contributed by atoms with Crippen LogP contribution in [0.25, 0.3) is 0 Å². The van der Waals surface area contributed by atoms with Crippen LogP contribution in [0.15, 0.2) is 24.3 Å². The van der Waals surface area contributed by atoms with Crippen LogP contribution in [0.1, 0.15) is 38.8 Å². The third-order valence-corrected chi connectivity index (χ3v) is 2.90. The topological polar surface area (TPSA) is 0 Å². The summed E-state index contributed by atoms with van der Waals surface area (Å²) < 4.78 is 0.0728. The molecule has 2 heteroatoms. The molecule has 0 saturated heterocycles. The maximum Gasteiger partial charge on any atom is 0.114 e. The Balaban J connectivity index is 3.02. The first kappa shape index (κ1) is 11.8. The van der Waals surface area contributed by atoms with Gasteiger partial charge in [0, 0.05) is 4.32 Å². The van der Waals surface area contributed by atoms with Gasteiger partial charge in [0.25, 0.3) is 0 Å². The number of rotatable bonds is 2. The van der Waals surface area contributed by atoms with Crippen LogP contribution in [-0.2, 0) is 9.64 Å². The fourth-order valence-corrected chi connectivity index (χ4v) is 1.63. The summed E-state index contributed by atoms with van der Waals surface area (Å²) in [5, 5.41) is 0.245. The van der Waals surface area contributed by atoms with Gasteiger partial charge in [0.1, 0.15) is 7.85 Å². The third kappa shape index (κ3) is 2.88. The van der Waals surface area contributed by atoms with Crippen LogP contribution in [0, 0.1) is 0 Å². The monoisotopic (exact) mass is 252 g/mol. The predicted molar refractivity (Wildman–Crippen MR) is 70.0 cm³/mol. The van der Waals surface area contributed by atoms with Crippen molar-refractivity contribution in [3.63, 3.8) is 0 Å². The number of benzene rings is 1. The lowest BCUT2D eigenvalue weighted by atomic mass is 9.67. The Morgan fingerprint density at radius 2 is 1.29 bits per heavy atom. The van der Waals surface area contributed by atoms with Crippen LogP contribution in [0.2, 0.25) is 0 Å². The zero-order valence-corrected chi connectivity index (χ0v) is 11.3. The van der Waals surface area contributed by atoms with E-state index in [0.29, 0.717) is 0 Å². The Bertz CT molecular complexity index is 268. The van der Waals surface area contributed by atoms with Gasteiger partial charge in [-0.05, 0) is 24.7 Å². The first-order valence-electron chi connectivity index (χ1n) is 5.01. The predicted octanol–water partition coefficient (Wildman–Crippen LogP) is 3.18. The molecular weight excluding hydrogens is 235 g/mol. The Hall–Kier alpha value is -0.235. The fourth-order valence-electron chi connectivity index (χ4n) is 1.37. The summed E-state index contributed by atoms with van der Waals surface area (Å²) >= 11 is 3.66. The van der Waals surface area contributed by atoms with Gasteiger partial charge in [-0.15, -0.1) is 0 Å². The number of halogens is 1. The van der Waals surface area contributed by atoms with Gasteiger partial charge in [-0.25, -0.2) is 0 Å².